The number of rotatable bonds is 4. The van der Waals surface area contributed by atoms with Crippen molar-refractivity contribution in [3.63, 3.8) is 0 Å². The highest BCUT2D eigenvalue weighted by atomic mass is 15.1. The van der Waals surface area contributed by atoms with Crippen molar-refractivity contribution in [1.29, 1.82) is 0 Å². The summed E-state index contributed by atoms with van der Waals surface area (Å²) in [5, 5.41) is 3.32. The predicted molar refractivity (Wildman–Crippen MR) is 75.1 cm³/mol. The minimum absolute atomic E-state index is 0.435. The molecule has 0 aliphatic rings. The van der Waals surface area contributed by atoms with Crippen molar-refractivity contribution in [3.8, 4) is 5.69 Å². The van der Waals surface area contributed by atoms with Crippen LogP contribution in [0.25, 0.3) is 5.69 Å². The van der Waals surface area contributed by atoms with E-state index in [0.717, 1.165) is 12.1 Å². The quantitative estimate of drug-likeness (QED) is 0.894. The van der Waals surface area contributed by atoms with Gasteiger partial charge in [0.1, 0.15) is 0 Å². The molecule has 3 heteroatoms. The van der Waals surface area contributed by atoms with Crippen molar-refractivity contribution >= 4 is 0 Å². The van der Waals surface area contributed by atoms with Crippen molar-refractivity contribution in [2.24, 2.45) is 0 Å². The fourth-order valence-electron chi connectivity index (χ4n) is 2.23. The maximum atomic E-state index is 4.33. The fraction of sp³-hybridized carbons (Fsp3) is 0.400. The Morgan fingerprint density at radius 3 is 2.33 bits per heavy atom. The summed E-state index contributed by atoms with van der Waals surface area (Å²) in [6, 6.07) is 9.13. The van der Waals surface area contributed by atoms with Crippen LogP contribution in [-0.2, 0) is 0 Å². The van der Waals surface area contributed by atoms with Gasteiger partial charge < -0.3 is 9.88 Å². The summed E-state index contributed by atoms with van der Waals surface area (Å²) >= 11 is 0. The molecule has 18 heavy (non-hydrogen) atoms. The van der Waals surface area contributed by atoms with Crippen molar-refractivity contribution in [2.75, 3.05) is 7.05 Å². The molecule has 1 heterocycles. The van der Waals surface area contributed by atoms with E-state index in [9.17, 15) is 0 Å². The van der Waals surface area contributed by atoms with Crippen LogP contribution >= 0.6 is 0 Å². The van der Waals surface area contributed by atoms with Crippen molar-refractivity contribution in [1.82, 2.24) is 14.9 Å². The highest BCUT2D eigenvalue weighted by Crippen LogP contribution is 2.19. The molecule has 1 unspecified atom stereocenters. The van der Waals surface area contributed by atoms with Gasteiger partial charge in [-0.2, -0.15) is 0 Å². The lowest BCUT2D eigenvalue weighted by Gasteiger charge is -2.15. The molecular formula is C15H21N3. The van der Waals surface area contributed by atoms with Crippen LogP contribution < -0.4 is 5.32 Å². The number of hydrogen-bond donors (Lipinski definition) is 1. The monoisotopic (exact) mass is 243 g/mol. The molecule has 0 saturated heterocycles. The predicted octanol–water partition coefficient (Wildman–Crippen LogP) is 3.16. The molecule has 0 saturated carbocycles. The summed E-state index contributed by atoms with van der Waals surface area (Å²) < 4.78 is 2.12. The molecule has 1 aromatic carbocycles. The smallest absolute Gasteiger partial charge is 0.0997 e. The first-order valence-electron chi connectivity index (χ1n) is 6.45. The summed E-state index contributed by atoms with van der Waals surface area (Å²) in [4.78, 5) is 4.33. The van der Waals surface area contributed by atoms with Gasteiger partial charge in [-0.25, -0.2) is 4.98 Å². The molecule has 0 radical (unpaired) electrons. The first-order chi connectivity index (χ1) is 8.67. The van der Waals surface area contributed by atoms with Gasteiger partial charge >= 0.3 is 0 Å². The van der Waals surface area contributed by atoms with Crippen LogP contribution in [0.4, 0.5) is 0 Å². The minimum Gasteiger partial charge on any atom is -0.313 e. The van der Waals surface area contributed by atoms with E-state index < -0.39 is 0 Å². The van der Waals surface area contributed by atoms with E-state index >= 15 is 0 Å². The van der Waals surface area contributed by atoms with Gasteiger partial charge in [0.25, 0.3) is 0 Å². The van der Waals surface area contributed by atoms with Gasteiger partial charge in [0.15, 0.2) is 0 Å². The van der Waals surface area contributed by atoms with Crippen molar-refractivity contribution in [3.05, 3.63) is 47.5 Å². The molecule has 0 amide bonds. The first-order valence-corrected chi connectivity index (χ1v) is 6.45. The van der Waals surface area contributed by atoms with Gasteiger partial charge in [-0.05, 0) is 45.0 Å². The summed E-state index contributed by atoms with van der Waals surface area (Å²) in [6.07, 6.45) is 2.98. The van der Waals surface area contributed by atoms with E-state index in [1.54, 1.807) is 0 Å². The number of aryl methyl sites for hydroxylation is 1. The molecule has 0 bridgehead atoms. The highest BCUT2D eigenvalue weighted by molar-refractivity contribution is 5.38. The van der Waals surface area contributed by atoms with Crippen molar-refractivity contribution in [2.45, 2.75) is 33.2 Å². The molecule has 2 rings (SSSR count). The van der Waals surface area contributed by atoms with E-state index in [1.807, 2.05) is 20.3 Å². The third-order valence-corrected chi connectivity index (χ3v) is 3.58. The van der Waals surface area contributed by atoms with E-state index in [1.165, 1.54) is 16.9 Å². The van der Waals surface area contributed by atoms with Crippen LogP contribution in [0.2, 0.25) is 0 Å². The standard InChI is InChI=1S/C15H21N3/c1-5-15(16-4)13-6-8-14(9-7-13)18-10-17-11(2)12(18)3/h6-10,15-16H,5H2,1-4H3. The molecule has 1 atom stereocenters. The Labute approximate surface area is 109 Å². The molecule has 0 fully saturated rings. The zero-order valence-electron chi connectivity index (χ0n) is 11.6. The number of nitrogens with zero attached hydrogens (tertiary/aromatic N) is 2. The zero-order valence-corrected chi connectivity index (χ0v) is 11.6. The van der Waals surface area contributed by atoms with Gasteiger partial charge in [-0.15, -0.1) is 0 Å². The Morgan fingerprint density at radius 2 is 1.89 bits per heavy atom. The Kier molecular flexibility index (Phi) is 3.82. The number of aromatic nitrogens is 2. The molecule has 96 valence electrons. The van der Waals surface area contributed by atoms with Crippen LogP contribution in [-0.4, -0.2) is 16.6 Å². The molecule has 1 N–H and O–H groups in total. The maximum Gasteiger partial charge on any atom is 0.0997 e. The molecule has 0 spiro atoms. The molecule has 0 aliphatic carbocycles. The molecule has 1 aromatic heterocycles. The third-order valence-electron chi connectivity index (χ3n) is 3.58. The van der Waals surface area contributed by atoms with Gasteiger partial charge in [0.05, 0.1) is 12.0 Å². The normalized spacial score (nSPS) is 12.7. The molecule has 0 aliphatic heterocycles. The van der Waals surface area contributed by atoms with Gasteiger partial charge in [0.2, 0.25) is 0 Å². The second-order valence-corrected chi connectivity index (χ2v) is 4.63. The Morgan fingerprint density at radius 1 is 1.22 bits per heavy atom. The largest absolute Gasteiger partial charge is 0.313 e. The summed E-state index contributed by atoms with van der Waals surface area (Å²) in [7, 11) is 2.01. The molecule has 3 nitrogen and oxygen atoms in total. The molecular weight excluding hydrogens is 222 g/mol. The van der Waals surface area contributed by atoms with Gasteiger partial charge in [-0.1, -0.05) is 19.1 Å². The van der Waals surface area contributed by atoms with Gasteiger partial charge in [0, 0.05) is 17.4 Å². The lowest BCUT2D eigenvalue weighted by molar-refractivity contribution is 0.577. The number of benzene rings is 1. The summed E-state index contributed by atoms with van der Waals surface area (Å²) in [5.74, 6) is 0. The number of nitrogens with one attached hydrogen (secondary N) is 1. The SMILES string of the molecule is CCC(NC)c1ccc(-n2cnc(C)c2C)cc1. The van der Waals surface area contributed by atoms with E-state index in [0.29, 0.717) is 6.04 Å². The van der Waals surface area contributed by atoms with E-state index in [-0.39, 0.29) is 0 Å². The van der Waals surface area contributed by atoms with Gasteiger partial charge in [-0.3, -0.25) is 0 Å². The van der Waals surface area contributed by atoms with Crippen LogP contribution in [0.3, 0.4) is 0 Å². The third kappa shape index (κ3) is 2.31. The summed E-state index contributed by atoms with van der Waals surface area (Å²) in [6.45, 7) is 6.32. The van der Waals surface area contributed by atoms with Crippen LogP contribution in [0.15, 0.2) is 30.6 Å². The number of imidazole rings is 1. The Balaban J connectivity index is 2.30. The number of hydrogen-bond acceptors (Lipinski definition) is 2. The lowest BCUT2D eigenvalue weighted by Crippen LogP contribution is -2.15. The lowest BCUT2D eigenvalue weighted by atomic mass is 10.0. The molecule has 2 aromatic rings. The maximum absolute atomic E-state index is 4.33. The first kappa shape index (κ1) is 12.8. The van der Waals surface area contributed by atoms with E-state index in [2.05, 4.69) is 53.0 Å². The average Bonchev–Trinajstić information content (AvgIpc) is 2.73. The Hall–Kier alpha value is -1.61. The average molecular weight is 243 g/mol. The second kappa shape index (κ2) is 5.36. The van der Waals surface area contributed by atoms with Crippen LogP contribution in [0, 0.1) is 13.8 Å². The second-order valence-electron chi connectivity index (χ2n) is 4.63. The van der Waals surface area contributed by atoms with Crippen LogP contribution in [0.5, 0.6) is 0 Å². The topological polar surface area (TPSA) is 29.9 Å². The minimum atomic E-state index is 0.435. The fourth-order valence-corrected chi connectivity index (χ4v) is 2.23. The highest BCUT2D eigenvalue weighted by Gasteiger charge is 2.08. The van der Waals surface area contributed by atoms with E-state index in [4.69, 9.17) is 0 Å². The zero-order chi connectivity index (χ0) is 13.1. The van der Waals surface area contributed by atoms with Crippen LogP contribution in [0.1, 0.15) is 36.3 Å². The van der Waals surface area contributed by atoms with Crippen molar-refractivity contribution < 1.29 is 0 Å². The summed E-state index contributed by atoms with van der Waals surface area (Å²) in [5.41, 5.74) is 4.78. The Bertz CT molecular complexity index is 507.